The molecule has 0 aliphatic carbocycles. The van der Waals surface area contributed by atoms with E-state index in [1.54, 1.807) is 6.07 Å². The predicted molar refractivity (Wildman–Crippen MR) is 38.8 cm³/mol. The third kappa shape index (κ3) is 0.815. The molecule has 0 saturated carbocycles. The minimum absolute atomic E-state index is 0.185. The SMILES string of the molecule is O=c1c2cccnc2nnn1O. The highest BCUT2D eigenvalue weighted by molar-refractivity contribution is 5.71. The van der Waals surface area contributed by atoms with Crippen LogP contribution in [0.3, 0.4) is 0 Å². The summed E-state index contributed by atoms with van der Waals surface area (Å²) >= 11 is 0. The first-order chi connectivity index (χ1) is 5.79. The fourth-order valence-corrected chi connectivity index (χ4v) is 0.877. The van der Waals surface area contributed by atoms with Crippen molar-refractivity contribution in [3.63, 3.8) is 0 Å². The summed E-state index contributed by atoms with van der Waals surface area (Å²) in [5, 5.41) is 15.7. The van der Waals surface area contributed by atoms with E-state index in [0.29, 0.717) is 0 Å². The van der Waals surface area contributed by atoms with Crippen LogP contribution in [0.2, 0.25) is 0 Å². The number of hydrogen-bond acceptors (Lipinski definition) is 5. The molecule has 0 radical (unpaired) electrons. The summed E-state index contributed by atoms with van der Waals surface area (Å²) in [6.07, 6.45) is 1.50. The zero-order valence-corrected chi connectivity index (χ0v) is 5.88. The van der Waals surface area contributed by atoms with Crippen molar-refractivity contribution in [1.82, 2.24) is 20.1 Å². The molecule has 2 aromatic heterocycles. The molecule has 0 unspecified atom stereocenters. The van der Waals surface area contributed by atoms with Gasteiger partial charge in [0.2, 0.25) is 0 Å². The van der Waals surface area contributed by atoms with Crippen LogP contribution in [-0.2, 0) is 0 Å². The average molecular weight is 164 g/mol. The van der Waals surface area contributed by atoms with Gasteiger partial charge in [0.05, 0.1) is 5.39 Å². The lowest BCUT2D eigenvalue weighted by molar-refractivity contribution is 0.127. The van der Waals surface area contributed by atoms with Crippen LogP contribution in [0.25, 0.3) is 11.0 Å². The average Bonchev–Trinajstić information content (AvgIpc) is 2.12. The molecule has 0 fully saturated rings. The monoisotopic (exact) mass is 164 g/mol. The predicted octanol–water partition coefficient (Wildman–Crippen LogP) is -0.576. The van der Waals surface area contributed by atoms with Crippen LogP contribution in [0.5, 0.6) is 0 Å². The van der Waals surface area contributed by atoms with Gasteiger partial charge in [-0.1, -0.05) is 0 Å². The van der Waals surface area contributed by atoms with Crippen molar-refractivity contribution in [2.45, 2.75) is 0 Å². The summed E-state index contributed by atoms with van der Waals surface area (Å²) in [5.41, 5.74) is -0.388. The van der Waals surface area contributed by atoms with E-state index in [4.69, 9.17) is 5.21 Å². The van der Waals surface area contributed by atoms with Crippen molar-refractivity contribution >= 4 is 11.0 Å². The van der Waals surface area contributed by atoms with E-state index in [9.17, 15) is 4.79 Å². The molecule has 6 nitrogen and oxygen atoms in total. The smallest absolute Gasteiger partial charge is 0.315 e. The van der Waals surface area contributed by atoms with Gasteiger partial charge in [-0.3, -0.25) is 4.79 Å². The molecule has 2 aromatic rings. The van der Waals surface area contributed by atoms with Gasteiger partial charge in [-0.05, 0) is 22.2 Å². The van der Waals surface area contributed by atoms with Crippen molar-refractivity contribution in [1.29, 1.82) is 0 Å². The second-order valence-electron chi connectivity index (χ2n) is 2.16. The molecular weight excluding hydrogens is 160 g/mol. The zero-order chi connectivity index (χ0) is 8.55. The van der Waals surface area contributed by atoms with Gasteiger partial charge < -0.3 is 5.21 Å². The number of nitrogens with zero attached hydrogens (tertiary/aromatic N) is 4. The zero-order valence-electron chi connectivity index (χ0n) is 5.88. The van der Waals surface area contributed by atoms with Crippen LogP contribution in [0.4, 0.5) is 0 Å². The molecule has 0 bridgehead atoms. The molecule has 2 heterocycles. The highest BCUT2D eigenvalue weighted by Gasteiger charge is 2.02. The summed E-state index contributed by atoms with van der Waals surface area (Å²) in [6, 6.07) is 3.11. The van der Waals surface area contributed by atoms with E-state index in [0.717, 1.165) is 0 Å². The molecule has 2 rings (SSSR count). The van der Waals surface area contributed by atoms with Gasteiger partial charge in [0, 0.05) is 6.20 Å². The van der Waals surface area contributed by atoms with Crippen molar-refractivity contribution < 1.29 is 5.21 Å². The van der Waals surface area contributed by atoms with Gasteiger partial charge in [0.1, 0.15) is 0 Å². The van der Waals surface area contributed by atoms with E-state index in [1.165, 1.54) is 12.3 Å². The lowest BCUT2D eigenvalue weighted by Gasteiger charge is -1.93. The Kier molecular flexibility index (Phi) is 1.26. The summed E-state index contributed by atoms with van der Waals surface area (Å²) in [7, 11) is 0. The second kappa shape index (κ2) is 2.26. The molecule has 1 N–H and O–H groups in total. The van der Waals surface area contributed by atoms with E-state index >= 15 is 0 Å². The lowest BCUT2D eigenvalue weighted by atomic mass is 10.3. The quantitative estimate of drug-likeness (QED) is 0.527. The van der Waals surface area contributed by atoms with Crippen molar-refractivity contribution in [3.8, 4) is 0 Å². The van der Waals surface area contributed by atoms with Crippen LogP contribution < -0.4 is 5.56 Å². The van der Waals surface area contributed by atoms with Gasteiger partial charge in [-0.2, -0.15) is 0 Å². The van der Waals surface area contributed by atoms with Gasteiger partial charge in [-0.15, -0.1) is 5.10 Å². The molecule has 0 atom stereocenters. The maximum absolute atomic E-state index is 11.1. The van der Waals surface area contributed by atoms with Gasteiger partial charge in [0.25, 0.3) is 0 Å². The largest absolute Gasteiger partial charge is 0.407 e. The van der Waals surface area contributed by atoms with Crippen LogP contribution >= 0.6 is 0 Å². The molecular formula is C6H4N4O2. The normalized spacial score (nSPS) is 10.3. The van der Waals surface area contributed by atoms with Crippen molar-refractivity contribution in [3.05, 3.63) is 28.7 Å². The summed E-state index contributed by atoms with van der Waals surface area (Å²) in [6.45, 7) is 0. The van der Waals surface area contributed by atoms with Gasteiger partial charge >= 0.3 is 5.56 Å². The fraction of sp³-hybridized carbons (Fsp3) is 0. The summed E-state index contributed by atoms with van der Waals surface area (Å²) in [4.78, 5) is 15.1. The molecule has 60 valence electrons. The van der Waals surface area contributed by atoms with Gasteiger partial charge in [-0.25, -0.2) is 4.98 Å². The van der Waals surface area contributed by atoms with E-state index in [2.05, 4.69) is 15.3 Å². The van der Waals surface area contributed by atoms with Gasteiger partial charge in [0.15, 0.2) is 5.65 Å². The van der Waals surface area contributed by atoms with Crippen LogP contribution in [-0.4, -0.2) is 25.3 Å². The van der Waals surface area contributed by atoms with E-state index < -0.39 is 5.56 Å². The number of aromatic nitrogens is 4. The number of hydrogen-bond donors (Lipinski definition) is 1. The molecule has 0 spiro atoms. The minimum atomic E-state index is -0.617. The first-order valence-electron chi connectivity index (χ1n) is 3.19. The third-order valence-corrected chi connectivity index (χ3v) is 1.42. The maximum atomic E-state index is 11.1. The Bertz CT molecular complexity index is 478. The highest BCUT2D eigenvalue weighted by atomic mass is 16.5. The molecule has 0 amide bonds. The molecule has 0 aromatic carbocycles. The van der Waals surface area contributed by atoms with E-state index in [1.807, 2.05) is 0 Å². The Morgan fingerprint density at radius 2 is 2.33 bits per heavy atom. The minimum Gasteiger partial charge on any atom is -0.407 e. The van der Waals surface area contributed by atoms with Crippen LogP contribution in [0.1, 0.15) is 0 Å². The summed E-state index contributed by atoms with van der Waals surface area (Å²) < 4.78 is 0. The Labute approximate surface area is 66.0 Å². The molecule has 6 heteroatoms. The highest BCUT2D eigenvalue weighted by Crippen LogP contribution is 1.97. The molecule has 0 aliphatic rings. The molecule has 12 heavy (non-hydrogen) atoms. The lowest BCUT2D eigenvalue weighted by Crippen LogP contribution is -2.21. The molecule has 0 saturated heterocycles. The van der Waals surface area contributed by atoms with Crippen molar-refractivity contribution in [2.24, 2.45) is 0 Å². The summed E-state index contributed by atoms with van der Waals surface area (Å²) in [5.74, 6) is 0. The Morgan fingerprint density at radius 3 is 3.17 bits per heavy atom. The molecule has 0 aliphatic heterocycles. The van der Waals surface area contributed by atoms with Crippen LogP contribution in [0, 0.1) is 0 Å². The number of fused-ring (bicyclic) bond motifs is 1. The second-order valence-corrected chi connectivity index (χ2v) is 2.16. The van der Waals surface area contributed by atoms with Crippen LogP contribution in [0.15, 0.2) is 23.1 Å². The topological polar surface area (TPSA) is 80.9 Å². The van der Waals surface area contributed by atoms with E-state index in [-0.39, 0.29) is 15.9 Å². The first kappa shape index (κ1) is 6.71. The maximum Gasteiger partial charge on any atom is 0.315 e. The number of rotatable bonds is 0. The Morgan fingerprint density at radius 1 is 1.50 bits per heavy atom. The standard InChI is InChI=1S/C6H4N4O2/c11-6-4-2-1-3-7-5(4)8-9-10(6)12/h1-3,12H. The van der Waals surface area contributed by atoms with Crippen molar-refractivity contribution in [2.75, 3.05) is 0 Å². The number of pyridine rings is 1. The Hall–Kier alpha value is -1.98. The third-order valence-electron chi connectivity index (χ3n) is 1.42. The Balaban J connectivity index is 3.01. The fourth-order valence-electron chi connectivity index (χ4n) is 0.877. The first-order valence-corrected chi connectivity index (χ1v) is 3.19.